The molecule has 1 aliphatic carbocycles. The van der Waals surface area contributed by atoms with Gasteiger partial charge in [-0.25, -0.2) is 0 Å². The summed E-state index contributed by atoms with van der Waals surface area (Å²) < 4.78 is -1.63. The Labute approximate surface area is 257 Å². The van der Waals surface area contributed by atoms with Crippen LogP contribution in [-0.2, 0) is 14.4 Å². The van der Waals surface area contributed by atoms with Crippen LogP contribution in [0, 0.1) is 11.8 Å². The Bertz CT molecular complexity index is 1460. The number of likely N-dealkylation sites (tertiary alicyclic amines) is 1. The molecule has 2 aromatic carbocycles. The zero-order valence-electron chi connectivity index (χ0n) is 24.5. The third kappa shape index (κ3) is 4.40. The van der Waals surface area contributed by atoms with Crippen LogP contribution in [0.5, 0.6) is 0 Å². The van der Waals surface area contributed by atoms with E-state index in [-0.39, 0.29) is 30.4 Å². The second-order valence-electron chi connectivity index (χ2n) is 12.7. The first-order chi connectivity index (χ1) is 20.9. The minimum Gasteiger partial charge on any atom is -0.394 e. The fraction of sp³-hybridized carbons (Fsp3) is 0.457. The maximum absolute atomic E-state index is 15.0. The molecule has 7 rings (SSSR count). The number of carbonyl (C=O) groups excluding carboxylic acids is 3. The number of fused-ring (bicyclic) bond motifs is 2. The normalized spacial score (nSPS) is 33.2. The van der Waals surface area contributed by atoms with Gasteiger partial charge in [0, 0.05) is 29.6 Å². The number of nitrogens with zero attached hydrogens (tertiary/aromatic N) is 3. The summed E-state index contributed by atoms with van der Waals surface area (Å²) in [5.74, 6) is -1.82. The highest BCUT2D eigenvalue weighted by Gasteiger charge is 2.74. The molecular weight excluding hydrogens is 558 g/mol. The van der Waals surface area contributed by atoms with Gasteiger partial charge in [0.15, 0.2) is 0 Å². The van der Waals surface area contributed by atoms with Crippen molar-refractivity contribution in [3.63, 3.8) is 0 Å². The van der Waals surface area contributed by atoms with Gasteiger partial charge >= 0.3 is 0 Å². The summed E-state index contributed by atoms with van der Waals surface area (Å²) in [6, 6.07) is 17.7. The average molecular weight is 598 g/mol. The molecule has 1 spiro atoms. The number of hydrogen-bond donors (Lipinski definition) is 1. The lowest BCUT2D eigenvalue weighted by Crippen LogP contribution is -2.56. The molecule has 5 aliphatic rings. The van der Waals surface area contributed by atoms with E-state index in [1.807, 2.05) is 71.6 Å². The van der Waals surface area contributed by atoms with Gasteiger partial charge in [-0.1, -0.05) is 92.1 Å². The highest BCUT2D eigenvalue weighted by atomic mass is 32.2. The summed E-state index contributed by atoms with van der Waals surface area (Å²) in [7, 11) is 0. The van der Waals surface area contributed by atoms with Crippen molar-refractivity contribution in [1.82, 2.24) is 9.80 Å². The van der Waals surface area contributed by atoms with Crippen LogP contribution in [0.15, 0.2) is 85.0 Å². The van der Waals surface area contributed by atoms with Crippen molar-refractivity contribution in [2.45, 2.75) is 66.6 Å². The van der Waals surface area contributed by atoms with E-state index in [1.165, 1.54) is 6.42 Å². The lowest BCUT2D eigenvalue weighted by atomic mass is 9.74. The predicted octanol–water partition coefficient (Wildman–Crippen LogP) is 4.74. The van der Waals surface area contributed by atoms with E-state index in [9.17, 15) is 19.5 Å². The Hall–Kier alpha value is -3.36. The molecule has 1 unspecified atom stereocenters. The minimum absolute atomic E-state index is 0.0639. The number of rotatable bonds is 5. The summed E-state index contributed by atoms with van der Waals surface area (Å²) in [5, 5.41) is 10.8. The summed E-state index contributed by atoms with van der Waals surface area (Å²) in [6.07, 6.45) is 13.5. The van der Waals surface area contributed by atoms with Gasteiger partial charge in [-0.15, -0.1) is 11.8 Å². The number of aliphatic hydroxyl groups excluding tert-OH is 1. The second kappa shape index (κ2) is 11.0. The van der Waals surface area contributed by atoms with Crippen molar-refractivity contribution >= 4 is 35.2 Å². The molecule has 224 valence electrons. The van der Waals surface area contributed by atoms with Crippen LogP contribution in [0.1, 0.15) is 50.6 Å². The molecule has 0 radical (unpaired) electrons. The molecule has 0 bridgehead atoms. The molecule has 2 aromatic rings. The van der Waals surface area contributed by atoms with Crippen LogP contribution < -0.4 is 4.90 Å². The molecule has 1 saturated carbocycles. The van der Waals surface area contributed by atoms with Crippen LogP contribution in [-0.4, -0.2) is 73.9 Å². The molecule has 7 nitrogen and oxygen atoms in total. The number of hydrogen-bond acceptors (Lipinski definition) is 5. The number of anilines is 1. The third-order valence-electron chi connectivity index (χ3n) is 10.3. The third-order valence-corrected chi connectivity index (χ3v) is 12.1. The monoisotopic (exact) mass is 597 g/mol. The molecule has 3 amide bonds. The largest absolute Gasteiger partial charge is 0.394 e. The van der Waals surface area contributed by atoms with Crippen LogP contribution >= 0.6 is 11.8 Å². The first-order valence-corrected chi connectivity index (χ1v) is 16.4. The highest BCUT2D eigenvalue weighted by molar-refractivity contribution is 8.02. The quantitative estimate of drug-likeness (QED) is 0.504. The Balaban J connectivity index is 1.37. The Morgan fingerprint density at radius 1 is 0.837 bits per heavy atom. The van der Waals surface area contributed by atoms with Crippen molar-refractivity contribution in [3.05, 3.63) is 90.5 Å². The fourth-order valence-corrected chi connectivity index (χ4v) is 10.5. The summed E-state index contributed by atoms with van der Waals surface area (Å²) in [4.78, 5) is 49.9. The van der Waals surface area contributed by atoms with E-state index in [2.05, 4.69) is 25.2 Å². The molecule has 8 heteroatoms. The van der Waals surface area contributed by atoms with Gasteiger partial charge in [-0.3, -0.25) is 14.4 Å². The SMILES string of the molecule is C[C@]12C=CCN(c3ccccc3)C(=O)[C@H]1[C@H]1C(=O)N([C@H](CO)c3ccccc3)C3C(=O)N(C4CCCCC4)CC=C[C@@]31S2. The lowest BCUT2D eigenvalue weighted by Gasteiger charge is -2.42. The van der Waals surface area contributed by atoms with E-state index in [4.69, 9.17) is 0 Å². The number of carbonyl (C=O) groups is 3. The molecule has 3 fully saturated rings. The topological polar surface area (TPSA) is 81.2 Å². The minimum atomic E-state index is -0.946. The molecule has 6 atom stereocenters. The van der Waals surface area contributed by atoms with E-state index >= 15 is 0 Å². The maximum atomic E-state index is 15.0. The van der Waals surface area contributed by atoms with Crippen LogP contribution in [0.3, 0.4) is 0 Å². The highest BCUT2D eigenvalue weighted by Crippen LogP contribution is 2.66. The van der Waals surface area contributed by atoms with Crippen LogP contribution in [0.4, 0.5) is 5.69 Å². The van der Waals surface area contributed by atoms with Gasteiger partial charge in [0.1, 0.15) is 6.04 Å². The van der Waals surface area contributed by atoms with Crippen LogP contribution in [0.2, 0.25) is 0 Å². The summed E-state index contributed by atoms with van der Waals surface area (Å²) in [6.45, 7) is 2.65. The molecular formula is C35H39N3O4S. The van der Waals surface area contributed by atoms with Gasteiger partial charge in [0.2, 0.25) is 17.7 Å². The molecule has 2 saturated heterocycles. The lowest BCUT2D eigenvalue weighted by molar-refractivity contribution is -0.147. The molecule has 4 heterocycles. The Kier molecular flexibility index (Phi) is 7.25. The standard InChI is InChI=1S/C35H39N3O4S/c1-34-19-11-21-36(25-15-7-3-8-16-25)31(40)28(34)29-32(41)38(27(23-39)24-13-5-2-6-14-24)30-33(42)37(26-17-9-4-10-18-26)22-12-20-35(29,30)43-34/h2-3,5-8,11-16,19-20,26-30,39H,4,9-10,17-18,21-23H2,1H3/t27-,28-,29+,30?,34+,35+/m1/s1. The first kappa shape index (κ1) is 28.4. The zero-order valence-corrected chi connectivity index (χ0v) is 25.4. The molecule has 1 N–H and O–H groups in total. The number of para-hydroxylation sites is 1. The first-order valence-electron chi connectivity index (χ1n) is 15.6. The van der Waals surface area contributed by atoms with Crippen LogP contribution in [0.25, 0.3) is 0 Å². The second-order valence-corrected chi connectivity index (χ2v) is 14.5. The van der Waals surface area contributed by atoms with E-state index in [0.717, 1.165) is 36.9 Å². The number of aliphatic hydroxyl groups is 1. The predicted molar refractivity (Wildman–Crippen MR) is 168 cm³/mol. The van der Waals surface area contributed by atoms with Crippen molar-refractivity contribution < 1.29 is 19.5 Å². The van der Waals surface area contributed by atoms with Crippen molar-refractivity contribution in [2.24, 2.45) is 11.8 Å². The van der Waals surface area contributed by atoms with Crippen molar-refractivity contribution in [1.29, 1.82) is 0 Å². The average Bonchev–Trinajstić information content (AvgIpc) is 3.30. The number of amides is 3. The van der Waals surface area contributed by atoms with Gasteiger partial charge < -0.3 is 19.8 Å². The van der Waals surface area contributed by atoms with Gasteiger partial charge in [0.05, 0.1) is 29.2 Å². The van der Waals surface area contributed by atoms with E-state index < -0.39 is 33.4 Å². The Morgan fingerprint density at radius 2 is 1.51 bits per heavy atom. The fourth-order valence-electron chi connectivity index (χ4n) is 8.40. The zero-order chi connectivity index (χ0) is 29.8. The summed E-state index contributed by atoms with van der Waals surface area (Å²) >= 11 is 1.60. The van der Waals surface area contributed by atoms with E-state index in [0.29, 0.717) is 13.1 Å². The molecule has 43 heavy (non-hydrogen) atoms. The Morgan fingerprint density at radius 3 is 2.21 bits per heavy atom. The summed E-state index contributed by atoms with van der Waals surface area (Å²) in [5.41, 5.74) is 1.57. The smallest absolute Gasteiger partial charge is 0.247 e. The van der Waals surface area contributed by atoms with Crippen molar-refractivity contribution in [3.8, 4) is 0 Å². The molecule has 4 aliphatic heterocycles. The van der Waals surface area contributed by atoms with Crippen molar-refractivity contribution in [2.75, 3.05) is 24.6 Å². The maximum Gasteiger partial charge on any atom is 0.247 e. The molecule has 0 aromatic heterocycles. The number of thioether (sulfide) groups is 1. The number of benzene rings is 2. The van der Waals surface area contributed by atoms with E-state index in [1.54, 1.807) is 21.6 Å². The van der Waals surface area contributed by atoms with Gasteiger partial charge in [0.25, 0.3) is 0 Å². The van der Waals surface area contributed by atoms with Gasteiger partial charge in [-0.05, 0) is 37.5 Å². The van der Waals surface area contributed by atoms with Gasteiger partial charge in [-0.2, -0.15) is 0 Å².